The number of benzene rings is 4. The van der Waals surface area contributed by atoms with Crippen molar-refractivity contribution in [2.75, 3.05) is 7.11 Å². The summed E-state index contributed by atoms with van der Waals surface area (Å²) in [6.45, 7) is 0. The van der Waals surface area contributed by atoms with Gasteiger partial charge in [0.15, 0.2) is 0 Å². The van der Waals surface area contributed by atoms with E-state index in [9.17, 15) is 4.39 Å². The first-order valence-corrected chi connectivity index (χ1v) is 9.63. The number of ether oxygens (including phenoxy) is 1. The van der Waals surface area contributed by atoms with Gasteiger partial charge in [-0.05, 0) is 83.3 Å². The van der Waals surface area contributed by atoms with Crippen LogP contribution in [-0.4, -0.2) is 7.11 Å². The van der Waals surface area contributed by atoms with Gasteiger partial charge in [0.1, 0.15) is 11.6 Å². The van der Waals surface area contributed by atoms with Crippen LogP contribution >= 0.6 is 0 Å². The lowest BCUT2D eigenvalue weighted by molar-refractivity contribution is 0.414. The third-order valence-electron chi connectivity index (χ3n) is 4.97. The van der Waals surface area contributed by atoms with E-state index in [2.05, 4.69) is 48.2 Å². The molecule has 0 atom stereocenters. The minimum Gasteiger partial charge on any atom is -0.497 e. The summed E-state index contributed by atoms with van der Waals surface area (Å²) in [5, 5.41) is 1.88. The topological polar surface area (TPSA) is 9.23 Å². The maximum absolute atomic E-state index is 13.3. The van der Waals surface area contributed by atoms with E-state index in [4.69, 9.17) is 4.74 Å². The number of hydrogen-bond donors (Lipinski definition) is 0. The van der Waals surface area contributed by atoms with Crippen molar-refractivity contribution in [3.8, 4) is 17.6 Å². The van der Waals surface area contributed by atoms with Crippen molar-refractivity contribution in [1.82, 2.24) is 0 Å². The summed E-state index contributed by atoms with van der Waals surface area (Å²) in [5.74, 6) is 7.08. The van der Waals surface area contributed by atoms with E-state index in [1.807, 2.05) is 30.3 Å². The molecule has 4 aromatic rings. The van der Waals surface area contributed by atoms with E-state index >= 15 is 0 Å². The first kappa shape index (κ1) is 18.8. The lowest BCUT2D eigenvalue weighted by atomic mass is 10.0. The van der Waals surface area contributed by atoms with Crippen LogP contribution in [0.25, 0.3) is 10.8 Å². The number of halogens is 1. The van der Waals surface area contributed by atoms with Gasteiger partial charge in [-0.25, -0.2) is 4.39 Å². The highest BCUT2D eigenvalue weighted by Crippen LogP contribution is 2.17. The summed E-state index contributed by atoms with van der Waals surface area (Å²) in [6, 6.07) is 27.2. The number of aryl methyl sites for hydroxylation is 2. The summed E-state index contributed by atoms with van der Waals surface area (Å²) in [7, 11) is 1.68. The Labute approximate surface area is 170 Å². The summed E-state index contributed by atoms with van der Waals surface area (Å²) in [6.07, 6.45) is 1.98. The van der Waals surface area contributed by atoms with Crippen LogP contribution in [0, 0.1) is 17.7 Å². The highest BCUT2D eigenvalue weighted by Gasteiger charge is 1.99. The van der Waals surface area contributed by atoms with Crippen LogP contribution in [0.15, 0.2) is 84.9 Å². The molecule has 29 heavy (non-hydrogen) atoms. The highest BCUT2D eigenvalue weighted by atomic mass is 19.1. The highest BCUT2D eigenvalue weighted by molar-refractivity contribution is 5.83. The molecule has 0 bridgehead atoms. The first-order valence-electron chi connectivity index (χ1n) is 9.63. The predicted molar refractivity (Wildman–Crippen MR) is 117 cm³/mol. The zero-order valence-electron chi connectivity index (χ0n) is 16.3. The van der Waals surface area contributed by atoms with Crippen molar-refractivity contribution in [3.63, 3.8) is 0 Å². The van der Waals surface area contributed by atoms with Crippen LogP contribution in [0.4, 0.5) is 4.39 Å². The van der Waals surface area contributed by atoms with Crippen molar-refractivity contribution >= 4 is 10.8 Å². The van der Waals surface area contributed by atoms with Crippen molar-refractivity contribution in [3.05, 3.63) is 113 Å². The van der Waals surface area contributed by atoms with Gasteiger partial charge in [0, 0.05) is 11.1 Å². The Balaban J connectivity index is 1.41. The molecular weight excluding hydrogens is 359 g/mol. The molecule has 4 aromatic carbocycles. The third-order valence-corrected chi connectivity index (χ3v) is 4.97. The monoisotopic (exact) mass is 380 g/mol. The normalized spacial score (nSPS) is 10.4. The molecule has 0 heterocycles. The summed E-state index contributed by atoms with van der Waals surface area (Å²) >= 11 is 0. The predicted octanol–water partition coefficient (Wildman–Crippen LogP) is 6.17. The zero-order chi connectivity index (χ0) is 20.1. The van der Waals surface area contributed by atoms with E-state index in [1.165, 1.54) is 23.3 Å². The molecular formula is C27H21FO. The number of fused-ring (bicyclic) bond motifs is 1. The zero-order valence-corrected chi connectivity index (χ0v) is 16.3. The Kier molecular flexibility index (Phi) is 5.59. The van der Waals surface area contributed by atoms with Gasteiger partial charge in [-0.2, -0.15) is 0 Å². The van der Waals surface area contributed by atoms with E-state index in [0.717, 1.165) is 40.5 Å². The molecule has 0 aliphatic heterocycles. The largest absolute Gasteiger partial charge is 0.497 e. The van der Waals surface area contributed by atoms with Gasteiger partial charge in [0.25, 0.3) is 0 Å². The molecule has 0 aliphatic carbocycles. The average Bonchev–Trinajstić information content (AvgIpc) is 2.77. The smallest absolute Gasteiger partial charge is 0.123 e. The fraction of sp³-hybridized carbons (Fsp3) is 0.111. The van der Waals surface area contributed by atoms with Crippen molar-refractivity contribution < 1.29 is 9.13 Å². The molecule has 0 spiro atoms. The second kappa shape index (κ2) is 8.63. The van der Waals surface area contributed by atoms with E-state index in [1.54, 1.807) is 13.2 Å². The van der Waals surface area contributed by atoms with Crippen LogP contribution in [0.1, 0.15) is 22.3 Å². The number of rotatable bonds is 4. The molecule has 0 saturated carbocycles. The second-order valence-electron chi connectivity index (χ2n) is 7.00. The van der Waals surface area contributed by atoms with Crippen molar-refractivity contribution in [2.45, 2.75) is 12.8 Å². The quantitative estimate of drug-likeness (QED) is 0.385. The Morgan fingerprint density at radius 1 is 0.655 bits per heavy atom. The van der Waals surface area contributed by atoms with Gasteiger partial charge in [-0.1, -0.05) is 48.2 Å². The standard InChI is InChI=1S/C27H21FO/c1-29-27-16-11-22(12-17-27)7-6-20-2-4-21(5-3-20)8-9-23-10-13-25-19-26(28)15-14-24(25)18-23/h2-5,10-19H,6-7H2,1H3. The van der Waals surface area contributed by atoms with Gasteiger partial charge in [0.05, 0.1) is 7.11 Å². The van der Waals surface area contributed by atoms with Gasteiger partial charge >= 0.3 is 0 Å². The molecule has 0 aliphatic rings. The lowest BCUT2D eigenvalue weighted by Crippen LogP contribution is -1.92. The first-order chi connectivity index (χ1) is 14.2. The molecule has 1 nitrogen and oxygen atoms in total. The Bertz CT molecular complexity index is 1180. The average molecular weight is 380 g/mol. The number of methoxy groups -OCH3 is 1. The molecule has 0 N–H and O–H groups in total. The Morgan fingerprint density at radius 2 is 1.21 bits per heavy atom. The van der Waals surface area contributed by atoms with Gasteiger partial charge < -0.3 is 4.74 Å². The summed E-state index contributed by atoms with van der Waals surface area (Å²) < 4.78 is 18.5. The SMILES string of the molecule is COc1ccc(CCc2ccc(C#Cc3ccc4cc(F)ccc4c3)cc2)cc1. The van der Waals surface area contributed by atoms with Gasteiger partial charge in [0.2, 0.25) is 0 Å². The maximum atomic E-state index is 13.3. The lowest BCUT2D eigenvalue weighted by Gasteiger charge is -2.04. The molecule has 142 valence electrons. The molecule has 0 aromatic heterocycles. The molecule has 0 fully saturated rings. The molecule has 0 amide bonds. The van der Waals surface area contributed by atoms with E-state index < -0.39 is 0 Å². The van der Waals surface area contributed by atoms with Crippen LogP contribution in [0.2, 0.25) is 0 Å². The summed E-state index contributed by atoms with van der Waals surface area (Å²) in [4.78, 5) is 0. The van der Waals surface area contributed by atoms with Crippen LogP contribution < -0.4 is 4.74 Å². The number of hydrogen-bond acceptors (Lipinski definition) is 1. The van der Waals surface area contributed by atoms with Crippen molar-refractivity contribution in [1.29, 1.82) is 0 Å². The summed E-state index contributed by atoms with van der Waals surface area (Å²) in [5.41, 5.74) is 4.50. The van der Waals surface area contributed by atoms with Crippen LogP contribution in [-0.2, 0) is 12.8 Å². The molecule has 4 rings (SSSR count). The van der Waals surface area contributed by atoms with E-state index in [0.29, 0.717) is 0 Å². The Hall–Kier alpha value is -3.57. The molecule has 0 radical (unpaired) electrons. The maximum Gasteiger partial charge on any atom is 0.123 e. The molecule has 0 saturated heterocycles. The minimum absolute atomic E-state index is 0.219. The minimum atomic E-state index is -0.219. The van der Waals surface area contributed by atoms with Gasteiger partial charge in [-0.3, -0.25) is 0 Å². The Morgan fingerprint density at radius 3 is 1.90 bits per heavy atom. The second-order valence-corrected chi connectivity index (χ2v) is 7.00. The fourth-order valence-electron chi connectivity index (χ4n) is 3.27. The van der Waals surface area contributed by atoms with Gasteiger partial charge in [-0.15, -0.1) is 0 Å². The van der Waals surface area contributed by atoms with Crippen molar-refractivity contribution in [2.24, 2.45) is 0 Å². The third kappa shape index (κ3) is 4.83. The molecule has 2 heteroatoms. The van der Waals surface area contributed by atoms with E-state index in [-0.39, 0.29) is 5.82 Å². The van der Waals surface area contributed by atoms with Crippen LogP contribution in [0.5, 0.6) is 5.75 Å². The molecule has 0 unspecified atom stereocenters. The van der Waals surface area contributed by atoms with Crippen LogP contribution in [0.3, 0.4) is 0 Å². The fourth-order valence-corrected chi connectivity index (χ4v) is 3.27.